The van der Waals surface area contributed by atoms with Crippen molar-refractivity contribution >= 4 is 47.6 Å². The van der Waals surface area contributed by atoms with Crippen LogP contribution >= 0.6 is 0 Å². The topological polar surface area (TPSA) is 193 Å². The van der Waals surface area contributed by atoms with Gasteiger partial charge in [-0.25, -0.2) is 0 Å². The second kappa shape index (κ2) is 26.0. The highest BCUT2D eigenvalue weighted by Crippen LogP contribution is 2.34. The summed E-state index contributed by atoms with van der Waals surface area (Å²) in [7, 11) is 3.41. The van der Waals surface area contributed by atoms with Crippen molar-refractivity contribution in [1.29, 1.82) is 0 Å². The number of carbonyl (C=O) groups excluding carboxylic acids is 6. The summed E-state index contributed by atoms with van der Waals surface area (Å²) < 4.78 is 0. The van der Waals surface area contributed by atoms with Crippen LogP contribution in [0.25, 0.3) is 12.2 Å². The lowest BCUT2D eigenvalue weighted by molar-refractivity contribution is -0.145. The quantitative estimate of drug-likeness (QED) is 0.0449. The predicted molar refractivity (Wildman–Crippen MR) is 317 cm³/mol. The number of aryl methyl sites for hydroxylation is 2. The first-order valence-corrected chi connectivity index (χ1v) is 29.0. The molecule has 0 spiro atoms. The first-order chi connectivity index (χ1) is 39.0. The molecule has 2 heterocycles. The third-order valence-corrected chi connectivity index (χ3v) is 16.9. The van der Waals surface area contributed by atoms with Crippen molar-refractivity contribution in [3.05, 3.63) is 177 Å². The third kappa shape index (κ3) is 14.0. The molecular weight excluding hydrogens is 1010 g/mol. The van der Waals surface area contributed by atoms with E-state index in [1.807, 2.05) is 111 Å². The molecule has 15 nitrogen and oxygen atoms in total. The van der Waals surface area contributed by atoms with Gasteiger partial charge in [0.25, 0.3) is 5.91 Å². The van der Waals surface area contributed by atoms with E-state index in [-0.39, 0.29) is 79.2 Å². The van der Waals surface area contributed by atoms with Crippen LogP contribution in [0.2, 0.25) is 0 Å². The van der Waals surface area contributed by atoms with Crippen molar-refractivity contribution in [2.45, 2.75) is 153 Å². The minimum absolute atomic E-state index is 0.0373. The summed E-state index contributed by atoms with van der Waals surface area (Å²) in [6.07, 6.45) is 10.3. The van der Waals surface area contributed by atoms with E-state index in [1.165, 1.54) is 16.7 Å². The second-order valence-electron chi connectivity index (χ2n) is 23.6. The van der Waals surface area contributed by atoms with E-state index in [9.17, 15) is 28.8 Å². The number of benzene rings is 5. The Morgan fingerprint density at radius 2 is 1.16 bits per heavy atom. The fourth-order valence-corrected chi connectivity index (χ4v) is 11.9. The Hall–Kier alpha value is -7.46. The van der Waals surface area contributed by atoms with Gasteiger partial charge in [0.05, 0.1) is 30.3 Å². The maximum Gasteiger partial charge on any atom is 0.251 e. The van der Waals surface area contributed by atoms with Crippen molar-refractivity contribution in [3.8, 4) is 0 Å². The SMILES string of the molecule is CN[C@@H](C)C(=O)N[C@@H](Cc1ccc(/C=C/c2ccc(C(=O)N[C@H]3CC(N[C@@H]4CCCc5ccccc54)N(C(=O)[C@@H](NC(=O)[C@H](C)NC)C(C)(C)C)C3)cc2)cc1)C(=O)N1Cc2ccccc2C[C@H]1C(=O)N[C@@H]1CCCc2ccccc21. The van der Waals surface area contributed by atoms with Crippen molar-refractivity contribution in [3.63, 3.8) is 0 Å². The Morgan fingerprint density at radius 3 is 1.77 bits per heavy atom. The van der Waals surface area contributed by atoms with E-state index in [4.69, 9.17) is 0 Å². The summed E-state index contributed by atoms with van der Waals surface area (Å²) in [6.45, 7) is 9.89. The average Bonchev–Trinajstić information content (AvgIpc) is 3.93. The van der Waals surface area contributed by atoms with Gasteiger partial charge < -0.3 is 41.7 Å². The van der Waals surface area contributed by atoms with E-state index in [2.05, 4.69) is 73.6 Å². The molecule has 426 valence electrons. The molecule has 1 saturated heterocycles. The molecule has 5 aromatic rings. The van der Waals surface area contributed by atoms with Crippen LogP contribution in [0.15, 0.2) is 121 Å². The zero-order valence-electron chi connectivity index (χ0n) is 48.0. The van der Waals surface area contributed by atoms with Gasteiger partial charge in [0.15, 0.2) is 0 Å². The molecule has 6 amide bonds. The molecule has 4 aliphatic rings. The monoisotopic (exact) mass is 1100 g/mol. The van der Waals surface area contributed by atoms with Crippen LogP contribution in [0.1, 0.15) is 139 Å². The molecule has 0 aromatic heterocycles. The van der Waals surface area contributed by atoms with Crippen LogP contribution in [0, 0.1) is 5.41 Å². The van der Waals surface area contributed by atoms with Gasteiger partial charge in [0.1, 0.15) is 18.1 Å². The number of hydrogen-bond acceptors (Lipinski definition) is 9. The molecule has 81 heavy (non-hydrogen) atoms. The smallest absolute Gasteiger partial charge is 0.251 e. The highest BCUT2D eigenvalue weighted by atomic mass is 16.2. The molecule has 1 fully saturated rings. The van der Waals surface area contributed by atoms with Gasteiger partial charge in [0.2, 0.25) is 29.5 Å². The van der Waals surface area contributed by atoms with E-state index >= 15 is 0 Å². The minimum Gasteiger partial charge on any atom is -0.347 e. The Balaban J connectivity index is 0.861. The van der Waals surface area contributed by atoms with Crippen molar-refractivity contribution in [1.82, 2.24) is 47.0 Å². The van der Waals surface area contributed by atoms with Gasteiger partial charge in [-0.2, -0.15) is 0 Å². The summed E-state index contributed by atoms with van der Waals surface area (Å²) in [4.78, 5) is 88.2. The van der Waals surface area contributed by atoms with E-state index in [0.717, 1.165) is 71.9 Å². The number of carbonyl (C=O) groups is 6. The lowest BCUT2D eigenvalue weighted by atomic mass is 9.85. The van der Waals surface area contributed by atoms with Crippen LogP contribution in [0.5, 0.6) is 0 Å². The van der Waals surface area contributed by atoms with Crippen LogP contribution in [-0.4, -0.2) is 108 Å². The number of likely N-dealkylation sites (N-methyl/N-ethyl adjacent to an activating group) is 2. The van der Waals surface area contributed by atoms with E-state index in [0.29, 0.717) is 18.4 Å². The molecule has 7 N–H and O–H groups in total. The van der Waals surface area contributed by atoms with Gasteiger partial charge in [-0.1, -0.05) is 142 Å². The number of nitrogens with one attached hydrogen (secondary N) is 7. The molecule has 0 saturated carbocycles. The Morgan fingerprint density at radius 1 is 0.617 bits per heavy atom. The zero-order valence-corrected chi connectivity index (χ0v) is 48.0. The summed E-state index contributed by atoms with van der Waals surface area (Å²) in [5.74, 6) is -1.53. The first-order valence-electron chi connectivity index (χ1n) is 29.0. The highest BCUT2D eigenvalue weighted by Gasteiger charge is 2.44. The molecule has 5 aromatic carbocycles. The molecule has 15 heteroatoms. The maximum atomic E-state index is 14.9. The summed E-state index contributed by atoms with van der Waals surface area (Å²) in [5, 5.41) is 22.4. The number of rotatable bonds is 18. The van der Waals surface area contributed by atoms with Crippen molar-refractivity contribution in [2.24, 2.45) is 5.41 Å². The van der Waals surface area contributed by atoms with Crippen molar-refractivity contribution in [2.75, 3.05) is 20.6 Å². The minimum atomic E-state index is -0.943. The number of hydrogen-bond donors (Lipinski definition) is 7. The van der Waals surface area contributed by atoms with Crippen LogP contribution < -0.4 is 37.2 Å². The van der Waals surface area contributed by atoms with Gasteiger partial charge in [0, 0.05) is 44.0 Å². The lowest BCUT2D eigenvalue weighted by Gasteiger charge is -2.39. The Kier molecular flexibility index (Phi) is 18.7. The molecule has 9 atom stereocenters. The maximum absolute atomic E-state index is 14.9. The normalized spacial score (nSPS) is 21.1. The van der Waals surface area contributed by atoms with Gasteiger partial charge in [-0.05, 0) is 134 Å². The lowest BCUT2D eigenvalue weighted by Crippen LogP contribution is -2.60. The molecule has 2 aliphatic carbocycles. The fourth-order valence-electron chi connectivity index (χ4n) is 11.9. The highest BCUT2D eigenvalue weighted by molar-refractivity contribution is 5.96. The Labute approximate surface area is 477 Å². The molecule has 0 bridgehead atoms. The predicted octanol–water partition coefficient (Wildman–Crippen LogP) is 7.10. The molecule has 2 aliphatic heterocycles. The van der Waals surface area contributed by atoms with E-state index in [1.54, 1.807) is 45.0 Å². The second-order valence-corrected chi connectivity index (χ2v) is 23.6. The number of likely N-dealkylation sites (tertiary alicyclic amines) is 1. The summed E-state index contributed by atoms with van der Waals surface area (Å²) in [5.41, 5.74) is 9.43. The van der Waals surface area contributed by atoms with Gasteiger partial charge in [-0.3, -0.25) is 34.1 Å². The number of fused-ring (bicyclic) bond motifs is 3. The zero-order chi connectivity index (χ0) is 57.4. The number of amides is 6. The van der Waals surface area contributed by atoms with Gasteiger partial charge in [-0.15, -0.1) is 0 Å². The summed E-state index contributed by atoms with van der Waals surface area (Å²) >= 11 is 0. The first kappa shape index (κ1) is 58.2. The molecule has 0 radical (unpaired) electrons. The third-order valence-electron chi connectivity index (χ3n) is 16.9. The Bertz CT molecular complexity index is 3100. The summed E-state index contributed by atoms with van der Waals surface area (Å²) in [6, 6.07) is 35.8. The van der Waals surface area contributed by atoms with Crippen LogP contribution in [0.4, 0.5) is 0 Å². The molecule has 9 rings (SSSR count). The average molecular weight is 1100 g/mol. The molecular formula is C66H81N9O6. The fraction of sp³-hybridized carbons (Fsp3) is 0.424. The van der Waals surface area contributed by atoms with Gasteiger partial charge >= 0.3 is 0 Å². The standard InChI is InChI=1S/C66H81N9O6/c1-41(67-6)60(76)72-56(64(80)74-39-50-19-9-8-18-49(50)37-57(74)63(79)71-55-25-15-21-47-17-11-13-23-53(47)55)36-45-30-28-43(29-31-45)26-27-44-32-34-48(35-33-44)62(78)69-51-38-58(70-54-24-14-20-46-16-10-12-22-52(46)54)75(40-51)65(81)59(66(3,4)5)73-61(77)42(2)68-7/h8-13,16-19,22-23,26-35,41-42,51,54-59,67-68,70H,14-15,20-21,24-25,36-40H2,1-7H3,(H,69,78)(H,71,79)(H,72,76)(H,73,77)/b27-26+/t41-,42-,51-,54+,55+,56-,57-,58?,59+/m0/s1. The number of nitrogens with zero attached hydrogens (tertiary/aromatic N) is 2. The van der Waals surface area contributed by atoms with E-state index < -0.39 is 35.6 Å². The van der Waals surface area contributed by atoms with Crippen molar-refractivity contribution < 1.29 is 28.8 Å². The van der Waals surface area contributed by atoms with Crippen LogP contribution in [-0.2, 0) is 56.2 Å². The largest absolute Gasteiger partial charge is 0.347 e. The van der Waals surface area contributed by atoms with Crippen LogP contribution in [0.3, 0.4) is 0 Å². The molecule has 1 unspecified atom stereocenters.